The van der Waals surface area contributed by atoms with Gasteiger partial charge in [-0.25, -0.2) is 0 Å². The first-order chi connectivity index (χ1) is 26.0. The fourth-order valence-corrected chi connectivity index (χ4v) is 7.55. The lowest BCUT2D eigenvalue weighted by Gasteiger charge is -2.24. The zero-order chi connectivity index (χ0) is 38.9. The van der Waals surface area contributed by atoms with Crippen molar-refractivity contribution in [3.8, 4) is 0 Å². The molecule has 3 unspecified atom stereocenters. The van der Waals surface area contributed by atoms with Crippen molar-refractivity contribution < 1.29 is 24.5 Å². The van der Waals surface area contributed by atoms with E-state index >= 15 is 0 Å². The van der Waals surface area contributed by atoms with E-state index in [-0.39, 0.29) is 24.9 Å². The van der Waals surface area contributed by atoms with Gasteiger partial charge in [-0.1, -0.05) is 226 Å². The maximum absolute atomic E-state index is 13.1. The fraction of sp³-hybridized carbons (Fsp3) is 0.957. The lowest BCUT2D eigenvalue weighted by atomic mass is 10.0. The molecule has 0 saturated heterocycles. The Labute approximate surface area is 330 Å². The van der Waals surface area contributed by atoms with Crippen LogP contribution in [0.25, 0.3) is 0 Å². The van der Waals surface area contributed by atoms with E-state index in [1.54, 1.807) is 0 Å². The van der Waals surface area contributed by atoms with Gasteiger partial charge in [-0.05, 0) is 25.7 Å². The number of esters is 1. The first-order valence-electron chi connectivity index (χ1n) is 23.8. The first kappa shape index (κ1) is 51.9. The second-order valence-corrected chi connectivity index (χ2v) is 16.5. The number of amides is 1. The molecule has 0 aromatic heterocycles. The summed E-state index contributed by atoms with van der Waals surface area (Å²) in [5.74, 6) is -0.459. The SMILES string of the molecule is CCCCCCCCCCCCCCCCCCC(=O)OC(CCCCCCCCCCC)CC(=O)NC(CO)C(O)CCCCCCCCCCC. The first-order valence-corrected chi connectivity index (χ1v) is 23.8. The van der Waals surface area contributed by atoms with Crippen LogP contribution in [0.2, 0.25) is 0 Å². The number of nitrogens with one attached hydrogen (secondary N) is 1. The number of aliphatic hydroxyl groups excluding tert-OH is 2. The van der Waals surface area contributed by atoms with Crippen LogP contribution in [0.5, 0.6) is 0 Å². The van der Waals surface area contributed by atoms with Crippen molar-refractivity contribution >= 4 is 11.9 Å². The second-order valence-electron chi connectivity index (χ2n) is 16.5. The third-order valence-corrected chi connectivity index (χ3v) is 11.2. The van der Waals surface area contributed by atoms with Gasteiger partial charge in [0.2, 0.25) is 5.91 Å². The summed E-state index contributed by atoms with van der Waals surface area (Å²) in [7, 11) is 0. The molecule has 316 valence electrons. The maximum atomic E-state index is 13.1. The van der Waals surface area contributed by atoms with Gasteiger partial charge in [0.25, 0.3) is 0 Å². The number of carbonyl (C=O) groups is 2. The van der Waals surface area contributed by atoms with E-state index in [9.17, 15) is 19.8 Å². The van der Waals surface area contributed by atoms with E-state index in [0.29, 0.717) is 19.3 Å². The molecule has 0 aliphatic carbocycles. The topological polar surface area (TPSA) is 95.9 Å². The lowest BCUT2D eigenvalue weighted by Crippen LogP contribution is -2.46. The van der Waals surface area contributed by atoms with Gasteiger partial charge in [0.15, 0.2) is 0 Å². The van der Waals surface area contributed by atoms with Crippen molar-refractivity contribution in [2.24, 2.45) is 0 Å². The Morgan fingerprint density at radius 1 is 0.472 bits per heavy atom. The van der Waals surface area contributed by atoms with Crippen LogP contribution in [0.1, 0.15) is 265 Å². The summed E-state index contributed by atoms with van der Waals surface area (Å²) in [6.07, 6.45) is 43.1. The van der Waals surface area contributed by atoms with E-state index in [2.05, 4.69) is 26.1 Å². The molecule has 0 saturated carbocycles. The smallest absolute Gasteiger partial charge is 0.306 e. The fourth-order valence-electron chi connectivity index (χ4n) is 7.55. The van der Waals surface area contributed by atoms with Crippen molar-refractivity contribution in [3.63, 3.8) is 0 Å². The molecule has 0 fully saturated rings. The van der Waals surface area contributed by atoms with Gasteiger partial charge in [0.05, 0.1) is 25.2 Å². The van der Waals surface area contributed by atoms with E-state index < -0.39 is 18.2 Å². The van der Waals surface area contributed by atoms with E-state index in [4.69, 9.17) is 4.74 Å². The van der Waals surface area contributed by atoms with Crippen molar-refractivity contribution in [3.05, 3.63) is 0 Å². The predicted octanol–water partition coefficient (Wildman–Crippen LogP) is 13.6. The molecule has 0 heterocycles. The maximum Gasteiger partial charge on any atom is 0.306 e. The third-order valence-electron chi connectivity index (χ3n) is 11.2. The Hall–Kier alpha value is -1.14. The van der Waals surface area contributed by atoms with Gasteiger partial charge in [-0.15, -0.1) is 0 Å². The molecule has 0 bridgehead atoms. The summed E-state index contributed by atoms with van der Waals surface area (Å²) < 4.78 is 5.90. The number of carbonyl (C=O) groups excluding carboxylic acids is 2. The highest BCUT2D eigenvalue weighted by atomic mass is 16.5. The molecule has 0 rings (SSSR count). The molecule has 0 spiro atoms. The van der Waals surface area contributed by atoms with Crippen LogP contribution in [0.15, 0.2) is 0 Å². The Morgan fingerprint density at radius 3 is 1.15 bits per heavy atom. The molecule has 0 aromatic carbocycles. The number of aliphatic hydroxyl groups is 2. The predicted molar refractivity (Wildman–Crippen MR) is 227 cm³/mol. The Balaban J connectivity index is 4.43. The van der Waals surface area contributed by atoms with Gasteiger partial charge in [-0.3, -0.25) is 9.59 Å². The number of hydrogen-bond donors (Lipinski definition) is 3. The zero-order valence-electron chi connectivity index (χ0n) is 35.9. The summed E-state index contributed by atoms with van der Waals surface area (Å²) in [5, 5.41) is 23.6. The minimum Gasteiger partial charge on any atom is -0.462 e. The van der Waals surface area contributed by atoms with Gasteiger partial charge in [-0.2, -0.15) is 0 Å². The van der Waals surface area contributed by atoms with Gasteiger partial charge < -0.3 is 20.3 Å². The monoisotopic (exact) mass is 752 g/mol. The highest BCUT2D eigenvalue weighted by molar-refractivity contribution is 5.77. The summed E-state index contributed by atoms with van der Waals surface area (Å²) in [6.45, 7) is 6.46. The van der Waals surface area contributed by atoms with Crippen LogP contribution in [0, 0.1) is 0 Å². The highest BCUT2D eigenvalue weighted by Gasteiger charge is 2.24. The van der Waals surface area contributed by atoms with Crippen LogP contribution in [-0.2, 0) is 14.3 Å². The van der Waals surface area contributed by atoms with Crippen molar-refractivity contribution in [2.75, 3.05) is 6.61 Å². The highest BCUT2D eigenvalue weighted by Crippen LogP contribution is 2.18. The molecule has 0 radical (unpaired) electrons. The van der Waals surface area contributed by atoms with E-state index in [0.717, 1.165) is 38.5 Å². The lowest BCUT2D eigenvalue weighted by molar-refractivity contribution is -0.151. The largest absolute Gasteiger partial charge is 0.462 e. The molecule has 0 aliphatic rings. The number of ether oxygens (including phenoxy) is 1. The van der Waals surface area contributed by atoms with Gasteiger partial charge in [0, 0.05) is 6.42 Å². The second kappa shape index (κ2) is 42.0. The minimum absolute atomic E-state index is 0.0863. The summed E-state index contributed by atoms with van der Waals surface area (Å²) in [4.78, 5) is 25.9. The molecule has 6 nitrogen and oxygen atoms in total. The Kier molecular flexibility index (Phi) is 41.1. The standard InChI is InChI=1S/C47H93NO5/c1-4-7-10-13-16-19-20-21-22-23-24-25-28-31-34-37-40-47(52)53-43(38-35-32-29-26-17-14-11-8-5-2)41-46(51)48-44(42-49)45(50)39-36-33-30-27-18-15-12-9-6-3/h43-45,49-50H,4-42H2,1-3H3,(H,48,51). The van der Waals surface area contributed by atoms with E-state index in [1.807, 2.05) is 0 Å². The number of hydrogen-bond acceptors (Lipinski definition) is 5. The van der Waals surface area contributed by atoms with Crippen molar-refractivity contribution in [1.82, 2.24) is 5.32 Å². The molecule has 6 heteroatoms. The summed E-state index contributed by atoms with van der Waals surface area (Å²) in [6, 6.07) is -0.689. The average Bonchev–Trinajstić information content (AvgIpc) is 3.15. The van der Waals surface area contributed by atoms with Crippen LogP contribution in [0.4, 0.5) is 0 Å². The number of rotatable bonds is 43. The quantitative estimate of drug-likeness (QED) is 0.0426. The van der Waals surface area contributed by atoms with Crippen molar-refractivity contribution in [2.45, 2.75) is 283 Å². The summed E-state index contributed by atoms with van der Waals surface area (Å²) >= 11 is 0. The molecule has 3 N–H and O–H groups in total. The molecule has 53 heavy (non-hydrogen) atoms. The zero-order valence-corrected chi connectivity index (χ0v) is 35.9. The van der Waals surface area contributed by atoms with Crippen LogP contribution in [0.3, 0.4) is 0 Å². The Bertz CT molecular complexity index is 761. The molecular formula is C47H93NO5. The number of unbranched alkanes of at least 4 members (excludes halogenated alkanes) is 31. The third kappa shape index (κ3) is 37.6. The molecule has 0 aromatic rings. The average molecular weight is 752 g/mol. The molecular weight excluding hydrogens is 659 g/mol. The molecule has 1 amide bonds. The molecule has 0 aliphatic heterocycles. The summed E-state index contributed by atoms with van der Waals surface area (Å²) in [5.41, 5.74) is 0. The normalized spacial score (nSPS) is 13.2. The Morgan fingerprint density at radius 2 is 0.792 bits per heavy atom. The van der Waals surface area contributed by atoms with E-state index in [1.165, 1.54) is 180 Å². The van der Waals surface area contributed by atoms with Crippen LogP contribution >= 0.6 is 0 Å². The van der Waals surface area contributed by atoms with Crippen LogP contribution in [-0.4, -0.2) is 46.9 Å². The minimum atomic E-state index is -0.776. The molecule has 3 atom stereocenters. The van der Waals surface area contributed by atoms with Crippen molar-refractivity contribution in [1.29, 1.82) is 0 Å². The van der Waals surface area contributed by atoms with Gasteiger partial charge in [0.1, 0.15) is 6.10 Å². The van der Waals surface area contributed by atoms with Crippen LogP contribution < -0.4 is 5.32 Å². The van der Waals surface area contributed by atoms with Gasteiger partial charge >= 0.3 is 5.97 Å².